The minimum atomic E-state index is -0.711. The zero-order chi connectivity index (χ0) is 16.9. The summed E-state index contributed by atoms with van der Waals surface area (Å²) in [5, 5.41) is 12.9. The fourth-order valence-corrected chi connectivity index (χ4v) is 3.27. The number of carbonyl (C=O) groups is 1. The first-order valence-corrected chi connectivity index (χ1v) is 8.73. The molecule has 0 radical (unpaired) electrons. The van der Waals surface area contributed by atoms with E-state index in [1.807, 2.05) is 24.3 Å². The summed E-state index contributed by atoms with van der Waals surface area (Å²) in [5.41, 5.74) is 3.13. The molecule has 1 amide bonds. The quantitative estimate of drug-likeness (QED) is 0.801. The van der Waals surface area contributed by atoms with Crippen LogP contribution in [0.1, 0.15) is 51.0 Å². The first kappa shape index (κ1) is 16.7. The third kappa shape index (κ3) is 3.85. The Kier molecular flexibility index (Phi) is 5.30. The third-order valence-corrected chi connectivity index (χ3v) is 4.51. The summed E-state index contributed by atoms with van der Waals surface area (Å²) in [6.45, 7) is 2.52. The molecule has 1 aromatic heterocycles. The van der Waals surface area contributed by atoms with Crippen molar-refractivity contribution in [1.29, 1.82) is 0 Å². The number of allylic oxidation sites excluding steroid dienone is 1. The molecule has 0 spiro atoms. The summed E-state index contributed by atoms with van der Waals surface area (Å²) >= 11 is 0. The third-order valence-electron chi connectivity index (χ3n) is 4.51. The number of amides is 1. The van der Waals surface area contributed by atoms with Gasteiger partial charge in [0.15, 0.2) is 0 Å². The molecule has 2 aromatic rings. The molecule has 3 rings (SSSR count). The molecule has 128 valence electrons. The standard InChI is InChI=1S/C19H25N3O2/c1-14(23)19-21-16-9-5-6-10-17(16)22(19)13-18(24)20-12-11-15-7-3-2-4-8-15/h5-7,9-10,14,23H,2-4,8,11-13H2,1H3,(H,20,24). The van der Waals surface area contributed by atoms with Gasteiger partial charge < -0.3 is 15.0 Å². The van der Waals surface area contributed by atoms with Crippen molar-refractivity contribution in [1.82, 2.24) is 14.9 Å². The molecule has 24 heavy (non-hydrogen) atoms. The monoisotopic (exact) mass is 327 g/mol. The molecule has 2 N–H and O–H groups in total. The molecule has 0 aliphatic heterocycles. The second-order valence-electron chi connectivity index (χ2n) is 6.43. The Bertz CT molecular complexity index is 746. The van der Waals surface area contributed by atoms with E-state index >= 15 is 0 Å². The summed E-state index contributed by atoms with van der Waals surface area (Å²) in [5.74, 6) is 0.484. The SMILES string of the molecule is CC(O)c1nc2ccccc2n1CC(=O)NCCC1=CCCCC1. The van der Waals surface area contributed by atoms with Crippen LogP contribution >= 0.6 is 0 Å². The van der Waals surface area contributed by atoms with E-state index in [1.54, 1.807) is 11.5 Å². The van der Waals surface area contributed by atoms with Gasteiger partial charge in [0.25, 0.3) is 0 Å². The van der Waals surface area contributed by atoms with Gasteiger partial charge >= 0.3 is 0 Å². The Morgan fingerprint density at radius 1 is 1.38 bits per heavy atom. The number of fused-ring (bicyclic) bond motifs is 1. The number of benzene rings is 1. The Balaban J connectivity index is 1.64. The van der Waals surface area contributed by atoms with E-state index in [1.165, 1.54) is 24.8 Å². The largest absolute Gasteiger partial charge is 0.385 e. The van der Waals surface area contributed by atoms with Crippen LogP contribution in [0.2, 0.25) is 0 Å². The number of nitrogens with one attached hydrogen (secondary N) is 1. The lowest BCUT2D eigenvalue weighted by molar-refractivity contribution is -0.121. The van der Waals surface area contributed by atoms with Crippen LogP contribution < -0.4 is 5.32 Å². The molecular formula is C19H25N3O2. The van der Waals surface area contributed by atoms with Crippen molar-refractivity contribution < 1.29 is 9.90 Å². The van der Waals surface area contributed by atoms with E-state index in [0.29, 0.717) is 12.4 Å². The number of para-hydroxylation sites is 2. The maximum atomic E-state index is 12.3. The first-order chi connectivity index (χ1) is 11.6. The molecule has 1 unspecified atom stereocenters. The maximum absolute atomic E-state index is 12.3. The van der Waals surface area contributed by atoms with E-state index in [9.17, 15) is 9.90 Å². The van der Waals surface area contributed by atoms with Crippen molar-refractivity contribution in [3.63, 3.8) is 0 Å². The van der Waals surface area contributed by atoms with Gasteiger partial charge in [-0.3, -0.25) is 4.79 Å². The van der Waals surface area contributed by atoms with E-state index in [0.717, 1.165) is 23.9 Å². The van der Waals surface area contributed by atoms with Gasteiger partial charge in [-0.2, -0.15) is 0 Å². The molecule has 0 fully saturated rings. The topological polar surface area (TPSA) is 67.2 Å². The summed E-state index contributed by atoms with van der Waals surface area (Å²) in [4.78, 5) is 16.8. The number of aromatic nitrogens is 2. The summed E-state index contributed by atoms with van der Waals surface area (Å²) in [6, 6.07) is 7.64. The Morgan fingerprint density at radius 3 is 2.96 bits per heavy atom. The van der Waals surface area contributed by atoms with Crippen molar-refractivity contribution in [2.45, 2.75) is 51.7 Å². The minimum Gasteiger partial charge on any atom is -0.385 e. The molecule has 1 heterocycles. The lowest BCUT2D eigenvalue weighted by atomic mass is 9.97. The molecule has 1 atom stereocenters. The average Bonchev–Trinajstić information content (AvgIpc) is 2.95. The molecule has 1 aromatic carbocycles. The van der Waals surface area contributed by atoms with E-state index in [2.05, 4.69) is 16.4 Å². The second-order valence-corrected chi connectivity index (χ2v) is 6.43. The number of hydrogen-bond acceptors (Lipinski definition) is 3. The van der Waals surface area contributed by atoms with Crippen LogP contribution in [-0.4, -0.2) is 27.1 Å². The predicted molar refractivity (Wildman–Crippen MR) is 94.5 cm³/mol. The normalized spacial score (nSPS) is 16.0. The van der Waals surface area contributed by atoms with E-state index < -0.39 is 6.10 Å². The summed E-state index contributed by atoms with van der Waals surface area (Å²) in [7, 11) is 0. The van der Waals surface area contributed by atoms with Gasteiger partial charge in [-0.15, -0.1) is 0 Å². The molecule has 0 bridgehead atoms. The van der Waals surface area contributed by atoms with Gasteiger partial charge in [0.1, 0.15) is 18.5 Å². The number of nitrogens with zero attached hydrogens (tertiary/aromatic N) is 2. The Morgan fingerprint density at radius 2 is 2.21 bits per heavy atom. The van der Waals surface area contributed by atoms with Crippen LogP contribution in [0.25, 0.3) is 11.0 Å². The molecule has 1 aliphatic carbocycles. The van der Waals surface area contributed by atoms with Crippen LogP contribution in [0, 0.1) is 0 Å². The Hall–Kier alpha value is -2.14. The van der Waals surface area contributed by atoms with Gasteiger partial charge in [0, 0.05) is 6.54 Å². The second kappa shape index (κ2) is 7.62. The van der Waals surface area contributed by atoms with Gasteiger partial charge in [-0.05, 0) is 51.2 Å². The molecule has 0 saturated heterocycles. The Labute approximate surface area is 142 Å². The van der Waals surface area contributed by atoms with Gasteiger partial charge in [0.05, 0.1) is 11.0 Å². The highest BCUT2D eigenvalue weighted by Crippen LogP contribution is 2.21. The van der Waals surface area contributed by atoms with E-state index in [-0.39, 0.29) is 12.5 Å². The van der Waals surface area contributed by atoms with Crippen LogP contribution in [0.5, 0.6) is 0 Å². The molecule has 5 heteroatoms. The summed E-state index contributed by atoms with van der Waals surface area (Å²) < 4.78 is 1.80. The number of rotatable bonds is 6. The highest BCUT2D eigenvalue weighted by Gasteiger charge is 2.16. The molecule has 1 aliphatic rings. The molecule has 0 saturated carbocycles. The van der Waals surface area contributed by atoms with Gasteiger partial charge in [-0.25, -0.2) is 4.98 Å². The molecular weight excluding hydrogens is 302 g/mol. The fraction of sp³-hybridized carbons (Fsp3) is 0.474. The highest BCUT2D eigenvalue weighted by molar-refractivity contribution is 5.81. The fourth-order valence-electron chi connectivity index (χ4n) is 3.27. The van der Waals surface area contributed by atoms with Crippen molar-refractivity contribution in [3.05, 3.63) is 41.7 Å². The van der Waals surface area contributed by atoms with Crippen molar-refractivity contribution in [2.75, 3.05) is 6.54 Å². The number of aliphatic hydroxyl groups is 1. The number of hydrogen-bond donors (Lipinski definition) is 2. The number of imidazole rings is 1. The van der Waals surface area contributed by atoms with Crippen molar-refractivity contribution in [3.8, 4) is 0 Å². The van der Waals surface area contributed by atoms with Crippen LogP contribution in [0.3, 0.4) is 0 Å². The first-order valence-electron chi connectivity index (χ1n) is 8.73. The zero-order valence-electron chi connectivity index (χ0n) is 14.2. The van der Waals surface area contributed by atoms with E-state index in [4.69, 9.17) is 0 Å². The minimum absolute atomic E-state index is 0.0449. The number of carbonyl (C=O) groups excluding carboxylic acids is 1. The van der Waals surface area contributed by atoms with Crippen molar-refractivity contribution >= 4 is 16.9 Å². The lowest BCUT2D eigenvalue weighted by Crippen LogP contribution is -2.29. The summed E-state index contributed by atoms with van der Waals surface area (Å²) in [6.07, 6.45) is 7.41. The molecule has 5 nitrogen and oxygen atoms in total. The average molecular weight is 327 g/mol. The van der Waals surface area contributed by atoms with Crippen LogP contribution in [-0.2, 0) is 11.3 Å². The highest BCUT2D eigenvalue weighted by atomic mass is 16.3. The predicted octanol–water partition coefficient (Wildman–Crippen LogP) is 3.10. The van der Waals surface area contributed by atoms with Crippen LogP contribution in [0.15, 0.2) is 35.9 Å². The van der Waals surface area contributed by atoms with Crippen LogP contribution in [0.4, 0.5) is 0 Å². The number of aliphatic hydroxyl groups excluding tert-OH is 1. The smallest absolute Gasteiger partial charge is 0.240 e. The zero-order valence-corrected chi connectivity index (χ0v) is 14.2. The van der Waals surface area contributed by atoms with Gasteiger partial charge in [-0.1, -0.05) is 23.8 Å². The van der Waals surface area contributed by atoms with Crippen molar-refractivity contribution in [2.24, 2.45) is 0 Å². The maximum Gasteiger partial charge on any atom is 0.240 e. The lowest BCUT2D eigenvalue weighted by Gasteiger charge is -2.14. The van der Waals surface area contributed by atoms with Gasteiger partial charge in [0.2, 0.25) is 5.91 Å².